The summed E-state index contributed by atoms with van der Waals surface area (Å²) in [5, 5.41) is 0. The molecule has 0 amide bonds. The van der Waals surface area contributed by atoms with Gasteiger partial charge in [0.25, 0.3) is 0 Å². The summed E-state index contributed by atoms with van der Waals surface area (Å²) in [5.74, 6) is 0.124. The van der Waals surface area contributed by atoms with Crippen LogP contribution in [0.3, 0.4) is 0 Å². The first kappa shape index (κ1) is 12.9. The second kappa shape index (κ2) is 5.27. The normalized spacial score (nSPS) is 11.6. The van der Waals surface area contributed by atoms with Crippen molar-refractivity contribution in [3.8, 4) is 0 Å². The van der Waals surface area contributed by atoms with Crippen LogP contribution >= 0.6 is 0 Å². The standard InChI is InChI=1S/C10H16N2O3S/c1-3-6-16(14,15)11-7-9-4-5-10(13)12(2)8-9/h4-5,8,11H,3,6-7H2,1-2H3. The van der Waals surface area contributed by atoms with Crippen molar-refractivity contribution in [3.63, 3.8) is 0 Å². The zero-order chi connectivity index (χ0) is 12.2. The summed E-state index contributed by atoms with van der Waals surface area (Å²) < 4.78 is 26.7. The molecule has 0 fully saturated rings. The van der Waals surface area contributed by atoms with Crippen LogP contribution in [0.2, 0.25) is 0 Å². The van der Waals surface area contributed by atoms with Crippen molar-refractivity contribution < 1.29 is 8.42 Å². The molecule has 0 atom stereocenters. The van der Waals surface area contributed by atoms with Gasteiger partial charge in [-0.1, -0.05) is 13.0 Å². The minimum atomic E-state index is -3.19. The Morgan fingerprint density at radius 2 is 2.06 bits per heavy atom. The highest BCUT2D eigenvalue weighted by atomic mass is 32.2. The third-order valence-corrected chi connectivity index (χ3v) is 3.65. The number of aromatic nitrogens is 1. The second-order valence-electron chi connectivity index (χ2n) is 3.63. The summed E-state index contributed by atoms with van der Waals surface area (Å²) in [6.07, 6.45) is 2.21. The summed E-state index contributed by atoms with van der Waals surface area (Å²) in [7, 11) is -1.56. The van der Waals surface area contributed by atoms with Gasteiger partial charge in [-0.05, 0) is 12.0 Å². The maximum absolute atomic E-state index is 11.4. The molecule has 0 spiro atoms. The van der Waals surface area contributed by atoms with Crippen LogP contribution in [0.1, 0.15) is 18.9 Å². The van der Waals surface area contributed by atoms with Gasteiger partial charge in [0, 0.05) is 25.9 Å². The summed E-state index contributed by atoms with van der Waals surface area (Å²) in [6, 6.07) is 3.04. The third kappa shape index (κ3) is 3.79. The van der Waals surface area contributed by atoms with Gasteiger partial charge in [0.05, 0.1) is 5.75 Å². The van der Waals surface area contributed by atoms with E-state index in [4.69, 9.17) is 0 Å². The van der Waals surface area contributed by atoms with Crippen LogP contribution in [0.5, 0.6) is 0 Å². The topological polar surface area (TPSA) is 68.2 Å². The number of hydrogen-bond donors (Lipinski definition) is 1. The number of hydrogen-bond acceptors (Lipinski definition) is 3. The lowest BCUT2D eigenvalue weighted by Crippen LogP contribution is -2.26. The van der Waals surface area contributed by atoms with Crippen LogP contribution in [-0.2, 0) is 23.6 Å². The highest BCUT2D eigenvalue weighted by Gasteiger charge is 2.07. The van der Waals surface area contributed by atoms with E-state index >= 15 is 0 Å². The highest BCUT2D eigenvalue weighted by Crippen LogP contribution is 1.97. The van der Waals surface area contributed by atoms with Gasteiger partial charge >= 0.3 is 0 Å². The molecule has 1 aromatic heterocycles. The quantitative estimate of drug-likeness (QED) is 0.805. The number of rotatable bonds is 5. The molecule has 6 heteroatoms. The van der Waals surface area contributed by atoms with Crippen LogP contribution in [0, 0.1) is 0 Å². The molecule has 0 radical (unpaired) electrons. The smallest absolute Gasteiger partial charge is 0.250 e. The Morgan fingerprint density at radius 3 is 2.62 bits per heavy atom. The van der Waals surface area contributed by atoms with Crippen molar-refractivity contribution in [2.75, 3.05) is 5.75 Å². The monoisotopic (exact) mass is 244 g/mol. The Labute approximate surface area is 95.2 Å². The van der Waals surface area contributed by atoms with Gasteiger partial charge in [-0.3, -0.25) is 4.79 Å². The molecule has 1 N–H and O–H groups in total. The fraction of sp³-hybridized carbons (Fsp3) is 0.500. The molecule has 0 saturated carbocycles. The van der Waals surface area contributed by atoms with Crippen molar-refractivity contribution in [3.05, 3.63) is 34.2 Å². The van der Waals surface area contributed by atoms with E-state index in [1.54, 1.807) is 19.3 Å². The highest BCUT2D eigenvalue weighted by molar-refractivity contribution is 7.89. The largest absolute Gasteiger partial charge is 0.318 e. The van der Waals surface area contributed by atoms with Crippen LogP contribution in [0.4, 0.5) is 0 Å². The molecule has 5 nitrogen and oxygen atoms in total. The van der Waals surface area contributed by atoms with E-state index in [0.717, 1.165) is 5.56 Å². The van der Waals surface area contributed by atoms with E-state index in [1.807, 2.05) is 6.92 Å². The van der Waals surface area contributed by atoms with Gasteiger partial charge < -0.3 is 4.57 Å². The molecular formula is C10H16N2O3S. The van der Waals surface area contributed by atoms with Gasteiger partial charge in [-0.2, -0.15) is 0 Å². The Morgan fingerprint density at radius 1 is 1.38 bits per heavy atom. The van der Waals surface area contributed by atoms with Crippen LogP contribution in [0.15, 0.2) is 23.1 Å². The molecule has 1 heterocycles. The van der Waals surface area contributed by atoms with Crippen LogP contribution in [-0.4, -0.2) is 18.7 Å². The Bertz CT molecular complexity index is 505. The van der Waals surface area contributed by atoms with Crippen molar-refractivity contribution in [2.45, 2.75) is 19.9 Å². The molecule has 0 aliphatic rings. The maximum atomic E-state index is 11.4. The molecule has 0 aliphatic heterocycles. The van der Waals surface area contributed by atoms with Crippen LogP contribution in [0.25, 0.3) is 0 Å². The van der Waals surface area contributed by atoms with Crippen molar-refractivity contribution in [2.24, 2.45) is 7.05 Å². The van der Waals surface area contributed by atoms with Gasteiger partial charge in [0.2, 0.25) is 15.6 Å². The summed E-state index contributed by atoms with van der Waals surface area (Å²) in [6.45, 7) is 2.03. The third-order valence-electron chi connectivity index (χ3n) is 2.12. The minimum Gasteiger partial charge on any atom is -0.318 e. The van der Waals surface area contributed by atoms with Crippen molar-refractivity contribution in [1.29, 1.82) is 0 Å². The average Bonchev–Trinajstić information content (AvgIpc) is 2.20. The van der Waals surface area contributed by atoms with E-state index in [2.05, 4.69) is 4.72 Å². The fourth-order valence-electron chi connectivity index (χ4n) is 1.29. The number of sulfonamides is 1. The van der Waals surface area contributed by atoms with E-state index < -0.39 is 10.0 Å². The van der Waals surface area contributed by atoms with Gasteiger partial charge in [-0.25, -0.2) is 13.1 Å². The number of aryl methyl sites for hydroxylation is 1. The molecule has 0 bridgehead atoms. The predicted molar refractivity (Wildman–Crippen MR) is 62.6 cm³/mol. The molecule has 90 valence electrons. The molecule has 16 heavy (non-hydrogen) atoms. The van der Waals surface area contributed by atoms with E-state index in [1.165, 1.54) is 10.6 Å². The molecule has 1 aromatic rings. The maximum Gasteiger partial charge on any atom is 0.250 e. The minimum absolute atomic E-state index is 0.111. The lowest BCUT2D eigenvalue weighted by molar-refractivity contribution is 0.579. The molecular weight excluding hydrogens is 228 g/mol. The second-order valence-corrected chi connectivity index (χ2v) is 5.55. The first-order valence-corrected chi connectivity index (χ1v) is 6.73. The van der Waals surface area contributed by atoms with E-state index in [-0.39, 0.29) is 17.9 Å². The Balaban J connectivity index is 2.68. The molecule has 0 aliphatic carbocycles. The summed E-state index contributed by atoms with van der Waals surface area (Å²) in [4.78, 5) is 11.1. The predicted octanol–water partition coefficient (Wildman–Crippen LogP) is 0.215. The van der Waals surface area contributed by atoms with Gasteiger partial charge in [-0.15, -0.1) is 0 Å². The average molecular weight is 244 g/mol. The lowest BCUT2D eigenvalue weighted by Gasteiger charge is -2.06. The SMILES string of the molecule is CCCS(=O)(=O)NCc1ccc(=O)n(C)c1. The first-order chi connectivity index (χ1) is 7.44. The Hall–Kier alpha value is -1.14. The van der Waals surface area contributed by atoms with Gasteiger partial charge in [0.1, 0.15) is 0 Å². The Kier molecular flexibility index (Phi) is 4.26. The zero-order valence-electron chi connectivity index (χ0n) is 9.43. The number of pyridine rings is 1. The lowest BCUT2D eigenvalue weighted by atomic mass is 10.3. The molecule has 0 aromatic carbocycles. The molecule has 0 saturated heterocycles. The van der Waals surface area contributed by atoms with Gasteiger partial charge in [0.15, 0.2) is 0 Å². The fourth-order valence-corrected chi connectivity index (χ4v) is 2.36. The first-order valence-electron chi connectivity index (χ1n) is 5.07. The van der Waals surface area contributed by atoms with E-state index in [0.29, 0.717) is 6.42 Å². The zero-order valence-corrected chi connectivity index (χ0v) is 10.3. The van der Waals surface area contributed by atoms with E-state index in [9.17, 15) is 13.2 Å². The van der Waals surface area contributed by atoms with Crippen molar-refractivity contribution in [1.82, 2.24) is 9.29 Å². The summed E-state index contributed by atoms with van der Waals surface area (Å²) in [5.41, 5.74) is 0.655. The van der Waals surface area contributed by atoms with Crippen molar-refractivity contribution >= 4 is 10.0 Å². The number of nitrogens with one attached hydrogen (secondary N) is 1. The van der Waals surface area contributed by atoms with Crippen LogP contribution < -0.4 is 10.3 Å². The molecule has 1 rings (SSSR count). The summed E-state index contributed by atoms with van der Waals surface area (Å²) >= 11 is 0. The molecule has 0 unspecified atom stereocenters. The number of nitrogens with zero attached hydrogens (tertiary/aromatic N) is 1.